The molecule has 0 radical (unpaired) electrons. The second-order valence-corrected chi connectivity index (χ2v) is 0.986. The Labute approximate surface area is 80.4 Å². The van der Waals surface area contributed by atoms with Crippen molar-refractivity contribution < 1.29 is 67.1 Å². The summed E-state index contributed by atoms with van der Waals surface area (Å²) in [5, 5.41) is 4.50. The minimum absolute atomic E-state index is 0. The summed E-state index contributed by atoms with van der Waals surface area (Å²) in [5.41, 5.74) is 0. The average molecular weight is 263 g/mol. The van der Waals surface area contributed by atoms with Crippen molar-refractivity contribution in [2.75, 3.05) is 0 Å². The van der Waals surface area contributed by atoms with E-state index in [2.05, 4.69) is 5.38 Å². The maximum atomic E-state index is 4.80. The van der Waals surface area contributed by atoms with Crippen molar-refractivity contribution in [3.63, 3.8) is 0 Å². The van der Waals surface area contributed by atoms with Gasteiger partial charge in [-0.25, -0.2) is 0 Å². The third-order valence-electron chi connectivity index (χ3n) is 0. The number of hydrogen-bond acceptors (Lipinski definition) is 0. The van der Waals surface area contributed by atoms with Crippen molar-refractivity contribution in [1.29, 1.82) is 0 Å². The summed E-state index contributed by atoms with van der Waals surface area (Å²) in [6.45, 7) is 0. The fraction of sp³-hybridized carbons (Fsp3) is 0. The third kappa shape index (κ3) is 30.0. The second kappa shape index (κ2) is 25.3. The molecule has 0 aliphatic carbocycles. The van der Waals surface area contributed by atoms with Gasteiger partial charge in [-0.1, -0.05) is 0 Å². The Morgan fingerprint density at radius 2 is 1.17 bits per heavy atom. The zero-order valence-corrected chi connectivity index (χ0v) is 9.71. The number of rotatable bonds is 0. The van der Waals surface area contributed by atoms with Crippen LogP contribution in [0.4, 0.5) is 0 Å². The third-order valence-corrected chi connectivity index (χ3v) is 0. The SMILES string of the molecule is [B]#[Ti].[B]#[Zr]#[B].[Zr]. The molecular weight excluding hydrogens is 263 g/mol. The van der Waals surface area contributed by atoms with Gasteiger partial charge in [-0.05, 0) is 0 Å². The fourth-order valence-corrected chi connectivity index (χ4v) is 0. The van der Waals surface area contributed by atoms with E-state index >= 15 is 0 Å². The van der Waals surface area contributed by atoms with Gasteiger partial charge in [0.25, 0.3) is 0 Å². The molecule has 0 aromatic carbocycles. The van der Waals surface area contributed by atoms with Gasteiger partial charge >= 0.3 is 55.7 Å². The van der Waals surface area contributed by atoms with Gasteiger partial charge in [-0.15, -0.1) is 0 Å². The first-order valence-electron chi connectivity index (χ1n) is 0.866. The molecular formula is B3TiZr2. The van der Waals surface area contributed by atoms with Gasteiger partial charge in [0.1, 0.15) is 0 Å². The van der Waals surface area contributed by atoms with Crippen LogP contribution in [0.5, 0.6) is 0 Å². The summed E-state index contributed by atoms with van der Waals surface area (Å²) in [6.07, 6.45) is 0. The molecule has 0 rings (SSSR count). The van der Waals surface area contributed by atoms with Crippen LogP contribution in [0.3, 0.4) is 0 Å². The van der Waals surface area contributed by atoms with Crippen molar-refractivity contribution in [2.24, 2.45) is 0 Å². The van der Waals surface area contributed by atoms with E-state index < -0.39 is 21.3 Å². The zero-order chi connectivity index (χ0) is 4.71. The summed E-state index contributed by atoms with van der Waals surface area (Å²) in [5.74, 6) is 0. The van der Waals surface area contributed by atoms with Crippen LogP contribution < -0.4 is 0 Å². The van der Waals surface area contributed by atoms with Crippen LogP contribution in [-0.4, -0.2) is 14.8 Å². The van der Waals surface area contributed by atoms with Gasteiger partial charge < -0.3 is 0 Å². The summed E-state index contributed by atoms with van der Waals surface area (Å²) >= 11 is 0.730. The Morgan fingerprint density at radius 1 is 1.17 bits per heavy atom. The molecule has 0 nitrogen and oxygen atoms in total. The summed E-state index contributed by atoms with van der Waals surface area (Å²) in [4.78, 5) is 0. The molecule has 0 aromatic rings. The van der Waals surface area contributed by atoms with Crippen LogP contribution >= 0.6 is 0 Å². The predicted octanol–water partition coefficient (Wildman–Crippen LogP) is -1.15. The van der Waals surface area contributed by atoms with E-state index in [0.717, 1.165) is 0 Å². The maximum Gasteiger partial charge on any atom is 0 e. The van der Waals surface area contributed by atoms with Gasteiger partial charge in [0.15, 0.2) is 0 Å². The monoisotopic (exact) mass is 261 g/mol. The van der Waals surface area contributed by atoms with E-state index in [4.69, 9.17) is 9.45 Å². The molecule has 0 amide bonds. The molecule has 0 aromatic heterocycles. The van der Waals surface area contributed by atoms with Gasteiger partial charge in [0, 0.05) is 26.2 Å². The van der Waals surface area contributed by atoms with E-state index in [9.17, 15) is 0 Å². The molecule has 0 bridgehead atoms. The maximum absolute atomic E-state index is 4.80. The molecule has 0 aliphatic heterocycles. The Hall–Kier alpha value is 2.68. The molecule has 0 N–H and O–H groups in total. The smallest absolute Gasteiger partial charge is 0 e. The molecule has 0 saturated carbocycles. The Morgan fingerprint density at radius 3 is 1.17 bits per heavy atom. The van der Waals surface area contributed by atoms with Gasteiger partial charge in [-0.2, -0.15) is 0 Å². The molecule has 6 heavy (non-hydrogen) atoms. The first kappa shape index (κ1) is 15.9. The van der Waals surface area contributed by atoms with Crippen molar-refractivity contribution in [3.8, 4) is 0 Å². The summed E-state index contributed by atoms with van der Waals surface area (Å²) < 4.78 is 9.59. The van der Waals surface area contributed by atoms with E-state index in [1.165, 1.54) is 19.5 Å². The normalized spacial score (nSPS) is 5.33. The zero-order valence-electron chi connectivity index (χ0n) is 3.23. The topological polar surface area (TPSA) is 0 Å². The van der Waals surface area contributed by atoms with Crippen LogP contribution in [0, 0.1) is 0 Å². The largest absolute Gasteiger partial charge is 0 e. The predicted molar refractivity (Wildman–Crippen MR) is 17.3 cm³/mol. The quantitative estimate of drug-likeness (QED) is 0.484. The van der Waals surface area contributed by atoms with Crippen molar-refractivity contribution >= 4 is 14.8 Å². The molecule has 0 aliphatic rings. The molecule has 21 valence electrons. The van der Waals surface area contributed by atoms with Crippen LogP contribution in [0.1, 0.15) is 0 Å². The van der Waals surface area contributed by atoms with Crippen LogP contribution in [0.25, 0.3) is 0 Å². The Balaban J connectivity index is -0.0000000275. The molecule has 0 unspecified atom stereocenters. The van der Waals surface area contributed by atoms with Gasteiger partial charge in [0.05, 0.1) is 0 Å². The van der Waals surface area contributed by atoms with E-state index in [1.807, 2.05) is 0 Å². The first-order valence-corrected chi connectivity index (χ1v) is 4.61. The van der Waals surface area contributed by atoms with Crippen molar-refractivity contribution in [2.45, 2.75) is 0 Å². The summed E-state index contributed by atoms with van der Waals surface area (Å²) in [7, 11) is 0. The molecule has 0 atom stereocenters. The summed E-state index contributed by atoms with van der Waals surface area (Å²) in [6, 6.07) is 0. The van der Waals surface area contributed by atoms with Crippen molar-refractivity contribution in [3.05, 3.63) is 0 Å². The first-order chi connectivity index (χ1) is 2.41. The van der Waals surface area contributed by atoms with E-state index in [0.29, 0.717) is 0 Å². The van der Waals surface area contributed by atoms with Crippen LogP contribution in [0.15, 0.2) is 0 Å². The van der Waals surface area contributed by atoms with E-state index in [-0.39, 0.29) is 26.2 Å². The fourth-order valence-electron chi connectivity index (χ4n) is 0. The average Bonchev–Trinajstić information content (AvgIpc) is 1.46. The Bertz CT molecular complexity index is 110. The minimum atomic E-state index is -0.770. The Kier molecular flexibility index (Phi) is 67.0. The van der Waals surface area contributed by atoms with Gasteiger partial charge in [-0.3, -0.25) is 0 Å². The molecule has 0 heterocycles. The number of hydrogen-bond donors (Lipinski definition) is 0. The molecule has 6 heteroatoms. The molecule has 0 spiro atoms. The van der Waals surface area contributed by atoms with E-state index in [1.54, 1.807) is 0 Å². The van der Waals surface area contributed by atoms with Crippen LogP contribution in [-0.2, 0) is 67.1 Å². The molecule has 0 saturated heterocycles. The van der Waals surface area contributed by atoms with Gasteiger partial charge in [0.2, 0.25) is 0 Å². The molecule has 0 fully saturated rings. The minimum Gasteiger partial charge on any atom is 0 e. The van der Waals surface area contributed by atoms with Crippen molar-refractivity contribution in [1.82, 2.24) is 0 Å². The van der Waals surface area contributed by atoms with Crippen LogP contribution in [0.2, 0.25) is 0 Å². The second-order valence-electron chi connectivity index (χ2n) is 0.167. The standard InChI is InChI=1S/3B.Ti.2Zr.